The van der Waals surface area contributed by atoms with Gasteiger partial charge in [0.05, 0.1) is 0 Å². The third-order valence-corrected chi connectivity index (χ3v) is 5.63. The molecule has 0 spiro atoms. The molecule has 5 heteroatoms. The molecule has 0 atom stereocenters. The molecule has 0 aromatic carbocycles. The van der Waals surface area contributed by atoms with Gasteiger partial charge in [0.25, 0.3) is 0 Å². The zero-order valence-corrected chi connectivity index (χ0v) is 11.1. The summed E-state index contributed by atoms with van der Waals surface area (Å²) in [5, 5.41) is 3.06. The van der Waals surface area contributed by atoms with Crippen molar-refractivity contribution in [3.8, 4) is 0 Å². The molecule has 2 rings (SSSR count). The molecule has 1 aliphatic carbocycles. The monoisotopic (exact) mass is 261 g/mol. The number of nitrogens with one attached hydrogen (secondary N) is 1. The second-order valence-electron chi connectivity index (χ2n) is 5.02. The Balaban J connectivity index is 1.73. The Hall–Kier alpha value is -0.0300. The minimum absolute atomic E-state index is 0.157. The Kier molecular flexibility index (Phi) is 3.95. The van der Waals surface area contributed by atoms with E-state index in [4.69, 9.17) is 0 Å². The van der Waals surface area contributed by atoms with Crippen LogP contribution < -0.4 is 5.32 Å². The molecule has 1 amide bonds. The van der Waals surface area contributed by atoms with Crippen molar-refractivity contribution < 1.29 is 9.00 Å². The first-order valence-electron chi connectivity index (χ1n) is 5.89. The van der Waals surface area contributed by atoms with Gasteiger partial charge in [-0.2, -0.15) is 12.6 Å². The van der Waals surface area contributed by atoms with Crippen molar-refractivity contribution in [2.24, 2.45) is 5.41 Å². The number of amides is 1. The van der Waals surface area contributed by atoms with Crippen molar-refractivity contribution in [1.29, 1.82) is 0 Å². The van der Waals surface area contributed by atoms with Crippen LogP contribution >= 0.6 is 12.6 Å². The first-order valence-corrected chi connectivity index (χ1v) is 8.01. The molecule has 1 heterocycles. The summed E-state index contributed by atoms with van der Waals surface area (Å²) in [5.74, 6) is 2.45. The first-order chi connectivity index (χ1) is 7.63. The molecule has 1 N–H and O–H groups in total. The standard InChI is InChI=1S/C11H19NO2S2/c13-10(7-11(8-15)3-4-11)12-9-1-5-16(14)6-2-9/h9,15H,1-8H2,(H,12,13). The number of carbonyl (C=O) groups excluding carboxylic acids is 1. The topological polar surface area (TPSA) is 46.2 Å². The Bertz CT molecular complexity index is 292. The number of carbonyl (C=O) groups is 1. The maximum Gasteiger partial charge on any atom is 0.220 e. The van der Waals surface area contributed by atoms with Crippen molar-refractivity contribution in [2.45, 2.75) is 38.1 Å². The third kappa shape index (κ3) is 3.23. The van der Waals surface area contributed by atoms with Gasteiger partial charge in [0, 0.05) is 34.8 Å². The average Bonchev–Trinajstić information content (AvgIpc) is 3.02. The van der Waals surface area contributed by atoms with Gasteiger partial charge < -0.3 is 5.32 Å². The zero-order valence-electron chi connectivity index (χ0n) is 9.41. The van der Waals surface area contributed by atoms with Crippen LogP contribution in [0.3, 0.4) is 0 Å². The largest absolute Gasteiger partial charge is 0.353 e. The van der Waals surface area contributed by atoms with Gasteiger partial charge in [0.2, 0.25) is 5.91 Å². The Morgan fingerprint density at radius 2 is 2.00 bits per heavy atom. The summed E-state index contributed by atoms with van der Waals surface area (Å²) in [6.07, 6.45) is 4.63. The summed E-state index contributed by atoms with van der Waals surface area (Å²) in [6, 6.07) is 0.251. The van der Waals surface area contributed by atoms with Crippen LogP contribution in [0.15, 0.2) is 0 Å². The van der Waals surface area contributed by atoms with Crippen LogP contribution in [-0.4, -0.2) is 33.4 Å². The zero-order chi connectivity index (χ0) is 11.6. The molecular formula is C11H19NO2S2. The van der Waals surface area contributed by atoms with E-state index in [0.717, 1.165) is 42.9 Å². The van der Waals surface area contributed by atoms with E-state index in [9.17, 15) is 9.00 Å². The Morgan fingerprint density at radius 1 is 1.38 bits per heavy atom. The van der Waals surface area contributed by atoms with E-state index in [-0.39, 0.29) is 17.4 Å². The second kappa shape index (κ2) is 5.08. The highest BCUT2D eigenvalue weighted by atomic mass is 32.2. The Labute approximate surface area is 105 Å². The smallest absolute Gasteiger partial charge is 0.220 e. The van der Waals surface area contributed by atoms with E-state index in [1.165, 1.54) is 0 Å². The van der Waals surface area contributed by atoms with Gasteiger partial charge in [-0.3, -0.25) is 9.00 Å². The summed E-state index contributed by atoms with van der Waals surface area (Å²) in [6.45, 7) is 0. The SMILES string of the molecule is O=C(CC1(CS)CC1)NC1CCS(=O)CC1. The number of hydrogen-bond donors (Lipinski definition) is 2. The normalized spacial score (nSPS) is 32.1. The van der Waals surface area contributed by atoms with Crippen molar-refractivity contribution >= 4 is 29.3 Å². The molecule has 2 aliphatic rings. The van der Waals surface area contributed by atoms with Gasteiger partial charge in [-0.1, -0.05) is 0 Å². The van der Waals surface area contributed by atoms with E-state index >= 15 is 0 Å². The van der Waals surface area contributed by atoms with Gasteiger partial charge >= 0.3 is 0 Å². The fourth-order valence-electron chi connectivity index (χ4n) is 2.13. The molecule has 16 heavy (non-hydrogen) atoms. The predicted octanol–water partition coefficient (Wildman–Crippen LogP) is 1.11. The van der Waals surface area contributed by atoms with Crippen molar-refractivity contribution in [2.75, 3.05) is 17.3 Å². The minimum atomic E-state index is -0.648. The quantitative estimate of drug-likeness (QED) is 0.745. The number of thiol groups is 1. The fraction of sp³-hybridized carbons (Fsp3) is 0.909. The summed E-state index contributed by atoms with van der Waals surface area (Å²) < 4.78 is 11.2. The highest BCUT2D eigenvalue weighted by Crippen LogP contribution is 2.49. The van der Waals surface area contributed by atoms with Crippen LogP contribution in [0.4, 0.5) is 0 Å². The van der Waals surface area contributed by atoms with Gasteiger partial charge in [0.1, 0.15) is 0 Å². The van der Waals surface area contributed by atoms with Crippen molar-refractivity contribution in [3.05, 3.63) is 0 Å². The summed E-state index contributed by atoms with van der Waals surface area (Å²) in [5.41, 5.74) is 0.199. The maximum atomic E-state index is 11.8. The predicted molar refractivity (Wildman–Crippen MR) is 69.2 cm³/mol. The summed E-state index contributed by atoms with van der Waals surface area (Å²) in [4.78, 5) is 11.8. The van der Waals surface area contributed by atoms with Gasteiger partial charge in [-0.25, -0.2) is 0 Å². The van der Waals surface area contributed by atoms with Crippen molar-refractivity contribution in [1.82, 2.24) is 5.32 Å². The molecule has 92 valence electrons. The molecular weight excluding hydrogens is 242 g/mol. The lowest BCUT2D eigenvalue weighted by atomic mass is 10.0. The summed E-state index contributed by atoms with van der Waals surface area (Å²) >= 11 is 4.30. The van der Waals surface area contributed by atoms with E-state index in [2.05, 4.69) is 17.9 Å². The first kappa shape index (κ1) is 12.4. The molecule has 1 saturated carbocycles. The average molecular weight is 261 g/mol. The molecule has 0 radical (unpaired) electrons. The lowest BCUT2D eigenvalue weighted by Gasteiger charge is -2.23. The van der Waals surface area contributed by atoms with Crippen molar-refractivity contribution in [3.63, 3.8) is 0 Å². The van der Waals surface area contributed by atoms with Crippen LogP contribution in [-0.2, 0) is 15.6 Å². The van der Waals surface area contributed by atoms with Gasteiger partial charge in [0.15, 0.2) is 0 Å². The lowest BCUT2D eigenvalue weighted by molar-refractivity contribution is -0.122. The van der Waals surface area contributed by atoms with Crippen LogP contribution in [0, 0.1) is 5.41 Å². The highest BCUT2D eigenvalue weighted by molar-refractivity contribution is 7.85. The molecule has 0 bridgehead atoms. The molecule has 1 aliphatic heterocycles. The second-order valence-corrected chi connectivity index (χ2v) is 7.04. The number of hydrogen-bond acceptors (Lipinski definition) is 3. The van der Waals surface area contributed by atoms with Crippen LogP contribution in [0.2, 0.25) is 0 Å². The van der Waals surface area contributed by atoms with Crippen LogP contribution in [0.5, 0.6) is 0 Å². The molecule has 0 unspecified atom stereocenters. The molecule has 3 nitrogen and oxygen atoms in total. The van der Waals surface area contributed by atoms with Gasteiger partial charge in [-0.15, -0.1) is 0 Å². The lowest BCUT2D eigenvalue weighted by Crippen LogP contribution is -2.40. The Morgan fingerprint density at radius 3 is 2.50 bits per heavy atom. The third-order valence-electron chi connectivity index (χ3n) is 3.58. The molecule has 2 fully saturated rings. The van der Waals surface area contributed by atoms with E-state index in [0.29, 0.717) is 6.42 Å². The van der Waals surface area contributed by atoms with E-state index < -0.39 is 10.8 Å². The molecule has 0 aromatic rings. The fourth-order valence-corrected chi connectivity index (χ4v) is 3.85. The number of rotatable bonds is 4. The van der Waals surface area contributed by atoms with E-state index in [1.54, 1.807) is 0 Å². The van der Waals surface area contributed by atoms with Crippen LogP contribution in [0.25, 0.3) is 0 Å². The minimum Gasteiger partial charge on any atom is -0.353 e. The van der Waals surface area contributed by atoms with E-state index in [1.807, 2.05) is 0 Å². The molecule has 0 aromatic heterocycles. The van der Waals surface area contributed by atoms with Gasteiger partial charge in [-0.05, 0) is 36.9 Å². The maximum absolute atomic E-state index is 11.8. The highest BCUT2D eigenvalue weighted by Gasteiger charge is 2.43. The molecule has 1 saturated heterocycles. The summed E-state index contributed by atoms with van der Waals surface area (Å²) in [7, 11) is -0.648. The van der Waals surface area contributed by atoms with Crippen LogP contribution in [0.1, 0.15) is 32.1 Å².